The quantitative estimate of drug-likeness (QED) is 0.560. The fourth-order valence-electron chi connectivity index (χ4n) is 1.98. The molecule has 0 aliphatic carbocycles. The molecule has 0 aromatic heterocycles. The van der Waals surface area contributed by atoms with Crippen molar-refractivity contribution in [2.75, 3.05) is 0 Å². The summed E-state index contributed by atoms with van der Waals surface area (Å²) in [6.45, 7) is 12.6. The van der Waals surface area contributed by atoms with E-state index < -0.39 is 0 Å². The lowest BCUT2D eigenvalue weighted by Gasteiger charge is -2.17. The first-order chi connectivity index (χ1) is 10.3. The molecular weight excluding hydrogens is 329 g/mol. The number of nitrogens with one attached hydrogen (secondary N) is 2. The van der Waals surface area contributed by atoms with E-state index in [-0.39, 0.29) is 18.4 Å². The molecule has 0 radical (unpaired) electrons. The molecular formula is C18H29Cl2N3. The second-order valence-electron chi connectivity index (χ2n) is 6.27. The van der Waals surface area contributed by atoms with Crippen LogP contribution >= 0.6 is 24.0 Å². The molecule has 0 amide bonds. The van der Waals surface area contributed by atoms with Crippen molar-refractivity contribution in [3.8, 4) is 0 Å². The SMILES string of the molecule is CC(C)N=C(/C=C(\NC(C)C)c1ccc(Cl)cc1)NC(C)C.Cl. The average Bonchev–Trinajstić information content (AvgIpc) is 2.36. The molecule has 23 heavy (non-hydrogen) atoms. The van der Waals surface area contributed by atoms with Crippen LogP contribution in [0.15, 0.2) is 35.3 Å². The highest BCUT2D eigenvalue weighted by molar-refractivity contribution is 6.30. The molecule has 0 unspecified atom stereocenters. The van der Waals surface area contributed by atoms with Gasteiger partial charge in [-0.1, -0.05) is 23.7 Å². The summed E-state index contributed by atoms with van der Waals surface area (Å²) in [4.78, 5) is 4.67. The van der Waals surface area contributed by atoms with Crippen LogP contribution in [-0.2, 0) is 0 Å². The van der Waals surface area contributed by atoms with E-state index in [1.165, 1.54) is 0 Å². The molecule has 1 aromatic carbocycles. The molecule has 1 aromatic rings. The summed E-state index contributed by atoms with van der Waals surface area (Å²) in [6.07, 6.45) is 2.07. The maximum Gasteiger partial charge on any atom is 0.123 e. The standard InChI is InChI=1S/C18H28ClN3.ClH/c1-12(2)20-17(15-7-9-16(19)10-8-15)11-18(21-13(3)4)22-14(5)6;/h7-14,20H,1-6H3,(H,21,22);1H/b17-11-;. The van der Waals surface area contributed by atoms with Crippen LogP contribution in [-0.4, -0.2) is 24.0 Å². The summed E-state index contributed by atoms with van der Waals surface area (Å²) < 4.78 is 0. The van der Waals surface area contributed by atoms with Crippen LogP contribution in [0.2, 0.25) is 5.02 Å². The molecule has 0 fully saturated rings. The Kier molecular flexibility index (Phi) is 10.0. The van der Waals surface area contributed by atoms with Gasteiger partial charge in [0.15, 0.2) is 0 Å². The van der Waals surface area contributed by atoms with Gasteiger partial charge in [-0.2, -0.15) is 0 Å². The van der Waals surface area contributed by atoms with Crippen LogP contribution in [0.1, 0.15) is 47.1 Å². The molecule has 0 heterocycles. The van der Waals surface area contributed by atoms with Gasteiger partial charge in [-0.05, 0) is 59.2 Å². The topological polar surface area (TPSA) is 36.4 Å². The molecule has 0 aliphatic rings. The minimum atomic E-state index is 0. The highest BCUT2D eigenvalue weighted by Gasteiger charge is 2.07. The summed E-state index contributed by atoms with van der Waals surface area (Å²) >= 11 is 5.99. The van der Waals surface area contributed by atoms with Crippen LogP contribution in [0.4, 0.5) is 0 Å². The van der Waals surface area contributed by atoms with E-state index in [1.807, 2.05) is 24.3 Å². The number of nitrogens with zero attached hydrogens (tertiary/aromatic N) is 1. The lowest BCUT2D eigenvalue weighted by Crippen LogP contribution is -2.31. The van der Waals surface area contributed by atoms with Crippen molar-refractivity contribution >= 4 is 35.5 Å². The maximum atomic E-state index is 5.99. The van der Waals surface area contributed by atoms with Gasteiger partial charge in [0, 0.05) is 34.9 Å². The lowest BCUT2D eigenvalue weighted by molar-refractivity contribution is 0.711. The minimum absolute atomic E-state index is 0. The summed E-state index contributed by atoms with van der Waals surface area (Å²) in [7, 11) is 0. The van der Waals surface area contributed by atoms with Gasteiger partial charge in [-0.15, -0.1) is 12.4 Å². The number of rotatable bonds is 6. The van der Waals surface area contributed by atoms with Gasteiger partial charge < -0.3 is 10.6 Å². The Morgan fingerprint density at radius 1 is 0.957 bits per heavy atom. The van der Waals surface area contributed by atoms with Crippen molar-refractivity contribution in [3.05, 3.63) is 40.9 Å². The average molecular weight is 358 g/mol. The fourth-order valence-corrected chi connectivity index (χ4v) is 2.10. The van der Waals surface area contributed by atoms with Crippen LogP contribution in [0, 0.1) is 0 Å². The maximum absolute atomic E-state index is 5.99. The summed E-state index contributed by atoms with van der Waals surface area (Å²) in [5.41, 5.74) is 2.14. The molecule has 0 aliphatic heterocycles. The van der Waals surface area contributed by atoms with E-state index in [0.29, 0.717) is 12.1 Å². The van der Waals surface area contributed by atoms with Gasteiger partial charge in [0.25, 0.3) is 0 Å². The van der Waals surface area contributed by atoms with Crippen LogP contribution in [0.5, 0.6) is 0 Å². The number of hydrogen-bond acceptors (Lipinski definition) is 2. The van der Waals surface area contributed by atoms with Crippen molar-refractivity contribution in [2.24, 2.45) is 4.99 Å². The Morgan fingerprint density at radius 3 is 1.91 bits per heavy atom. The van der Waals surface area contributed by atoms with E-state index >= 15 is 0 Å². The van der Waals surface area contributed by atoms with Crippen molar-refractivity contribution < 1.29 is 0 Å². The Bertz CT molecular complexity index is 518. The minimum Gasteiger partial charge on any atom is -0.382 e. The number of hydrogen-bond donors (Lipinski definition) is 2. The van der Waals surface area contributed by atoms with Crippen molar-refractivity contribution in [1.82, 2.24) is 10.6 Å². The predicted octanol–water partition coefficient (Wildman–Crippen LogP) is 4.91. The Morgan fingerprint density at radius 2 is 1.48 bits per heavy atom. The fraction of sp³-hybridized carbons (Fsp3) is 0.500. The molecule has 1 rings (SSSR count). The highest BCUT2D eigenvalue weighted by Crippen LogP contribution is 2.16. The van der Waals surface area contributed by atoms with Gasteiger partial charge in [0.2, 0.25) is 0 Å². The van der Waals surface area contributed by atoms with Crippen molar-refractivity contribution in [2.45, 2.75) is 59.7 Å². The highest BCUT2D eigenvalue weighted by atomic mass is 35.5. The van der Waals surface area contributed by atoms with Crippen molar-refractivity contribution in [3.63, 3.8) is 0 Å². The first-order valence-corrected chi connectivity index (χ1v) is 8.24. The summed E-state index contributed by atoms with van der Waals surface area (Å²) in [5, 5.41) is 7.63. The van der Waals surface area contributed by atoms with E-state index in [2.05, 4.69) is 63.2 Å². The van der Waals surface area contributed by atoms with Crippen LogP contribution in [0.3, 0.4) is 0 Å². The Labute approximate surface area is 152 Å². The normalized spacial score (nSPS) is 12.6. The van der Waals surface area contributed by atoms with Crippen molar-refractivity contribution in [1.29, 1.82) is 0 Å². The summed E-state index contributed by atoms with van der Waals surface area (Å²) in [6, 6.07) is 8.75. The first kappa shape index (κ1) is 21.8. The first-order valence-electron chi connectivity index (χ1n) is 7.86. The van der Waals surface area contributed by atoms with Gasteiger partial charge in [-0.3, -0.25) is 4.99 Å². The second-order valence-corrected chi connectivity index (χ2v) is 6.71. The van der Waals surface area contributed by atoms with Crippen LogP contribution < -0.4 is 10.6 Å². The largest absolute Gasteiger partial charge is 0.382 e. The van der Waals surface area contributed by atoms with Gasteiger partial charge in [0.05, 0.1) is 0 Å². The molecule has 2 N–H and O–H groups in total. The van der Waals surface area contributed by atoms with Gasteiger partial charge >= 0.3 is 0 Å². The van der Waals surface area contributed by atoms with Crippen LogP contribution in [0.25, 0.3) is 5.70 Å². The van der Waals surface area contributed by atoms with Gasteiger partial charge in [-0.25, -0.2) is 0 Å². The zero-order chi connectivity index (χ0) is 16.7. The number of aliphatic imine (C=N–C) groups is 1. The molecule has 0 saturated carbocycles. The molecule has 0 saturated heterocycles. The van der Waals surface area contributed by atoms with E-state index in [0.717, 1.165) is 22.1 Å². The third-order valence-electron chi connectivity index (χ3n) is 2.71. The van der Waals surface area contributed by atoms with E-state index in [9.17, 15) is 0 Å². The third-order valence-corrected chi connectivity index (χ3v) is 2.97. The number of benzene rings is 1. The Balaban J connectivity index is 0.00000484. The summed E-state index contributed by atoms with van der Waals surface area (Å²) in [5.74, 6) is 0.892. The zero-order valence-corrected chi connectivity index (χ0v) is 16.4. The number of amidine groups is 1. The predicted molar refractivity (Wildman–Crippen MR) is 106 cm³/mol. The second kappa shape index (κ2) is 10.6. The number of halogens is 2. The monoisotopic (exact) mass is 357 g/mol. The zero-order valence-electron chi connectivity index (χ0n) is 14.9. The lowest BCUT2D eigenvalue weighted by atomic mass is 10.1. The third kappa shape index (κ3) is 8.87. The van der Waals surface area contributed by atoms with E-state index in [1.54, 1.807) is 0 Å². The molecule has 0 atom stereocenters. The Hall–Kier alpha value is -1.19. The van der Waals surface area contributed by atoms with E-state index in [4.69, 9.17) is 11.6 Å². The molecule has 5 heteroatoms. The van der Waals surface area contributed by atoms with Gasteiger partial charge in [0.1, 0.15) is 5.84 Å². The molecule has 0 spiro atoms. The molecule has 130 valence electrons. The molecule has 0 bridgehead atoms. The smallest absolute Gasteiger partial charge is 0.123 e. The molecule has 3 nitrogen and oxygen atoms in total.